The molecule has 0 saturated heterocycles. The maximum Gasteiger partial charge on any atom is 0.325 e. The van der Waals surface area contributed by atoms with E-state index in [-0.39, 0.29) is 18.2 Å². The number of carbonyl (C=O) groups is 1. The van der Waals surface area contributed by atoms with E-state index in [0.717, 1.165) is 15.8 Å². The van der Waals surface area contributed by atoms with Crippen LogP contribution in [0, 0.1) is 10.1 Å². The van der Waals surface area contributed by atoms with Crippen LogP contribution in [0.1, 0.15) is 12.5 Å². The van der Waals surface area contributed by atoms with Crippen LogP contribution in [0.4, 0.5) is 5.69 Å². The summed E-state index contributed by atoms with van der Waals surface area (Å²) in [5.74, 6) is -0.379. The number of carbonyl (C=O) groups excluding carboxylic acids is 1. The first kappa shape index (κ1) is 18.5. The zero-order valence-corrected chi connectivity index (χ0v) is 15.5. The fourth-order valence-electron chi connectivity index (χ4n) is 2.44. The first-order chi connectivity index (χ1) is 13.0. The summed E-state index contributed by atoms with van der Waals surface area (Å²) in [6.07, 6.45) is 0. The third-order valence-electron chi connectivity index (χ3n) is 3.88. The number of ether oxygens (including phenoxy) is 1. The van der Waals surface area contributed by atoms with Crippen molar-refractivity contribution in [1.82, 2.24) is 4.57 Å². The highest BCUT2D eigenvalue weighted by Crippen LogP contribution is 2.17. The van der Waals surface area contributed by atoms with Crippen molar-refractivity contribution in [1.29, 1.82) is 0 Å². The first-order valence-electron chi connectivity index (χ1n) is 7.98. The predicted octanol–water partition coefficient (Wildman–Crippen LogP) is 3.11. The maximum atomic E-state index is 11.8. The molecule has 9 heteroatoms. The first-order valence-corrected chi connectivity index (χ1v) is 8.79. The van der Waals surface area contributed by atoms with Gasteiger partial charge in [-0.25, -0.2) is 0 Å². The van der Waals surface area contributed by atoms with E-state index in [1.165, 1.54) is 30.6 Å². The summed E-state index contributed by atoms with van der Waals surface area (Å²) in [7, 11) is 1.34. The SMILES string of the molecule is COC(=O)Cn1c(=NN=C(C)c2ccc([N+](=O)[O-])cc2)sc2ccccc21. The Labute approximate surface area is 158 Å². The number of aromatic nitrogens is 1. The van der Waals surface area contributed by atoms with Gasteiger partial charge in [0.15, 0.2) is 0 Å². The fraction of sp³-hybridized carbons (Fsp3) is 0.167. The van der Waals surface area contributed by atoms with E-state index in [1.807, 2.05) is 24.3 Å². The Bertz CT molecular complexity index is 1100. The molecule has 0 atom stereocenters. The number of hydrogen-bond acceptors (Lipinski definition) is 7. The van der Waals surface area contributed by atoms with Gasteiger partial charge in [-0.1, -0.05) is 23.5 Å². The second-order valence-corrected chi connectivity index (χ2v) is 6.61. The quantitative estimate of drug-likeness (QED) is 0.292. The number of fused-ring (bicyclic) bond motifs is 1. The monoisotopic (exact) mass is 384 g/mol. The fourth-order valence-corrected chi connectivity index (χ4v) is 3.42. The van der Waals surface area contributed by atoms with Gasteiger partial charge in [-0.2, -0.15) is 5.10 Å². The number of methoxy groups -OCH3 is 1. The highest BCUT2D eigenvalue weighted by atomic mass is 32.1. The van der Waals surface area contributed by atoms with Crippen LogP contribution in [0.15, 0.2) is 58.7 Å². The molecular weight excluding hydrogens is 368 g/mol. The Morgan fingerprint density at radius 3 is 2.59 bits per heavy atom. The Kier molecular flexibility index (Phi) is 5.41. The molecule has 0 fully saturated rings. The molecule has 0 aliphatic carbocycles. The van der Waals surface area contributed by atoms with Crippen molar-refractivity contribution in [2.45, 2.75) is 13.5 Å². The maximum absolute atomic E-state index is 11.8. The number of nitro benzene ring substituents is 1. The zero-order valence-electron chi connectivity index (χ0n) is 14.7. The second-order valence-electron chi connectivity index (χ2n) is 5.60. The molecule has 1 heterocycles. The average molecular weight is 384 g/mol. The molecule has 0 spiro atoms. The summed E-state index contributed by atoms with van der Waals surface area (Å²) in [6, 6.07) is 13.7. The van der Waals surface area contributed by atoms with E-state index in [2.05, 4.69) is 10.2 Å². The molecular formula is C18H16N4O4S. The number of benzene rings is 2. The van der Waals surface area contributed by atoms with Crippen molar-refractivity contribution in [3.63, 3.8) is 0 Å². The Balaban J connectivity index is 2.01. The van der Waals surface area contributed by atoms with E-state index in [0.29, 0.717) is 10.5 Å². The Morgan fingerprint density at radius 1 is 1.22 bits per heavy atom. The van der Waals surface area contributed by atoms with Gasteiger partial charge in [0, 0.05) is 12.1 Å². The number of thiazole rings is 1. The molecule has 0 aliphatic rings. The van der Waals surface area contributed by atoms with Crippen molar-refractivity contribution in [2.75, 3.05) is 7.11 Å². The summed E-state index contributed by atoms with van der Waals surface area (Å²) in [5, 5.41) is 19.3. The Morgan fingerprint density at radius 2 is 1.93 bits per heavy atom. The minimum atomic E-state index is -0.451. The van der Waals surface area contributed by atoms with Gasteiger partial charge >= 0.3 is 5.97 Å². The van der Waals surface area contributed by atoms with Crippen molar-refractivity contribution >= 4 is 38.9 Å². The van der Waals surface area contributed by atoms with Gasteiger partial charge in [0.05, 0.1) is 28.0 Å². The van der Waals surface area contributed by atoms with E-state index in [9.17, 15) is 14.9 Å². The molecule has 0 aliphatic heterocycles. The number of nitrogens with zero attached hydrogens (tertiary/aromatic N) is 4. The summed E-state index contributed by atoms with van der Waals surface area (Å²) in [4.78, 5) is 22.6. The van der Waals surface area contributed by atoms with Crippen LogP contribution >= 0.6 is 11.3 Å². The number of non-ortho nitro benzene ring substituents is 1. The van der Waals surface area contributed by atoms with Crippen molar-refractivity contribution < 1.29 is 14.5 Å². The topological polar surface area (TPSA) is 99.1 Å². The lowest BCUT2D eigenvalue weighted by Crippen LogP contribution is -2.21. The van der Waals surface area contributed by atoms with Gasteiger partial charge in [0.2, 0.25) is 4.80 Å². The molecule has 0 bridgehead atoms. The lowest BCUT2D eigenvalue weighted by Gasteiger charge is -2.03. The smallest absolute Gasteiger partial charge is 0.325 e. The van der Waals surface area contributed by atoms with Gasteiger partial charge in [0.1, 0.15) is 6.54 Å². The van der Waals surface area contributed by atoms with E-state index >= 15 is 0 Å². The molecule has 0 radical (unpaired) electrons. The minimum Gasteiger partial charge on any atom is -0.468 e. The molecule has 0 saturated carbocycles. The van der Waals surface area contributed by atoms with Crippen molar-refractivity contribution in [3.8, 4) is 0 Å². The average Bonchev–Trinajstić information content (AvgIpc) is 3.03. The van der Waals surface area contributed by atoms with Gasteiger partial charge in [-0.05, 0) is 36.8 Å². The van der Waals surface area contributed by atoms with Crippen LogP contribution in [0.3, 0.4) is 0 Å². The minimum absolute atomic E-state index is 0.0175. The molecule has 0 unspecified atom stereocenters. The highest BCUT2D eigenvalue weighted by molar-refractivity contribution is 7.16. The molecule has 138 valence electrons. The summed E-state index contributed by atoms with van der Waals surface area (Å²) >= 11 is 1.41. The van der Waals surface area contributed by atoms with Gasteiger partial charge < -0.3 is 9.30 Å². The van der Waals surface area contributed by atoms with Crippen LogP contribution in [0.2, 0.25) is 0 Å². The van der Waals surface area contributed by atoms with Crippen LogP contribution in [-0.2, 0) is 16.1 Å². The summed E-state index contributed by atoms with van der Waals surface area (Å²) in [6.45, 7) is 1.80. The molecule has 1 aromatic heterocycles. The van der Waals surface area contributed by atoms with Gasteiger partial charge in [-0.15, -0.1) is 5.10 Å². The standard InChI is InChI=1S/C18H16N4O4S/c1-12(13-7-9-14(10-8-13)22(24)25)19-20-18-21(11-17(23)26-2)15-5-3-4-6-16(15)27-18/h3-10H,11H2,1-2H3. The number of nitro groups is 1. The normalized spacial score (nSPS) is 12.4. The summed E-state index contributed by atoms with van der Waals surface area (Å²) in [5.41, 5.74) is 2.22. The number of rotatable bonds is 5. The van der Waals surface area contributed by atoms with Crippen LogP contribution in [-0.4, -0.2) is 28.3 Å². The molecule has 2 aromatic carbocycles. The molecule has 3 aromatic rings. The van der Waals surface area contributed by atoms with Gasteiger partial charge in [0.25, 0.3) is 5.69 Å². The van der Waals surface area contributed by atoms with Gasteiger partial charge in [-0.3, -0.25) is 14.9 Å². The molecule has 0 N–H and O–H groups in total. The zero-order chi connectivity index (χ0) is 19.4. The second kappa shape index (κ2) is 7.92. The lowest BCUT2D eigenvalue weighted by atomic mass is 10.1. The van der Waals surface area contributed by atoms with Crippen LogP contribution in [0.5, 0.6) is 0 Å². The molecule has 0 amide bonds. The van der Waals surface area contributed by atoms with E-state index < -0.39 is 4.92 Å². The number of para-hydroxylation sites is 1. The molecule has 8 nitrogen and oxygen atoms in total. The van der Waals surface area contributed by atoms with Crippen molar-refractivity contribution in [3.05, 3.63) is 69.0 Å². The third-order valence-corrected chi connectivity index (χ3v) is 4.93. The summed E-state index contributed by atoms with van der Waals surface area (Å²) < 4.78 is 7.49. The largest absolute Gasteiger partial charge is 0.468 e. The van der Waals surface area contributed by atoms with Crippen LogP contribution < -0.4 is 4.80 Å². The predicted molar refractivity (Wildman–Crippen MR) is 103 cm³/mol. The Hall–Kier alpha value is -3.33. The number of esters is 1. The molecule has 27 heavy (non-hydrogen) atoms. The van der Waals surface area contributed by atoms with E-state index in [1.54, 1.807) is 23.6 Å². The van der Waals surface area contributed by atoms with Crippen LogP contribution in [0.25, 0.3) is 10.2 Å². The van der Waals surface area contributed by atoms with E-state index in [4.69, 9.17) is 4.74 Å². The lowest BCUT2D eigenvalue weighted by molar-refractivity contribution is -0.384. The number of hydrogen-bond donors (Lipinski definition) is 0. The van der Waals surface area contributed by atoms with Crippen molar-refractivity contribution in [2.24, 2.45) is 10.2 Å². The highest BCUT2D eigenvalue weighted by Gasteiger charge is 2.10. The third kappa shape index (κ3) is 4.09. The molecule has 3 rings (SSSR count).